The van der Waals surface area contributed by atoms with Crippen molar-refractivity contribution in [3.63, 3.8) is 0 Å². The van der Waals surface area contributed by atoms with Gasteiger partial charge in [-0.05, 0) is 77.8 Å². The van der Waals surface area contributed by atoms with E-state index in [0.717, 1.165) is 48.7 Å². The van der Waals surface area contributed by atoms with Gasteiger partial charge in [0.05, 0.1) is 17.3 Å². The minimum Gasteiger partial charge on any atom is -0.399 e. The molecule has 1 heterocycles. The van der Waals surface area contributed by atoms with Gasteiger partial charge in [-0.1, -0.05) is 18.7 Å². The van der Waals surface area contributed by atoms with E-state index in [-0.39, 0.29) is 17.3 Å². The smallest absolute Gasteiger partial charge is 0.399 e. The van der Waals surface area contributed by atoms with Crippen LogP contribution >= 0.6 is 0 Å². The first-order valence-electron chi connectivity index (χ1n) is 10.0. The third-order valence-electron chi connectivity index (χ3n) is 7.05. The molecule has 2 aliphatic carbocycles. The van der Waals surface area contributed by atoms with E-state index >= 15 is 0 Å². The number of carbonyl (C=O) groups is 1. The van der Waals surface area contributed by atoms with E-state index in [1.807, 2.05) is 46.8 Å². The van der Waals surface area contributed by atoms with Crippen LogP contribution in [-0.2, 0) is 18.8 Å². The monoisotopic (exact) mass is 372 g/mol. The second kappa shape index (κ2) is 7.02. The molecule has 1 saturated heterocycles. The Morgan fingerprint density at radius 3 is 2.22 bits per heavy atom. The summed E-state index contributed by atoms with van der Waals surface area (Å²) >= 11 is 0. The van der Waals surface area contributed by atoms with Gasteiger partial charge in [-0.25, -0.2) is 0 Å². The summed E-state index contributed by atoms with van der Waals surface area (Å²) in [6.07, 6.45) is 8.60. The molecule has 3 aliphatic rings. The van der Waals surface area contributed by atoms with E-state index in [1.165, 1.54) is 0 Å². The molecule has 148 valence electrons. The van der Waals surface area contributed by atoms with E-state index < -0.39 is 18.3 Å². The number of ketones is 1. The fourth-order valence-corrected chi connectivity index (χ4v) is 4.41. The minimum absolute atomic E-state index is 0.234. The molecule has 0 unspecified atom stereocenters. The van der Waals surface area contributed by atoms with Gasteiger partial charge >= 0.3 is 7.12 Å². The number of Topliss-reactive ketones (excluding diaryl/α,β-unsaturated/α-hetero) is 1. The van der Waals surface area contributed by atoms with Crippen molar-refractivity contribution in [2.24, 2.45) is 5.41 Å². The molecular formula is C22H33BO4. The first-order chi connectivity index (χ1) is 12.5. The van der Waals surface area contributed by atoms with Crippen LogP contribution in [0.5, 0.6) is 0 Å². The average molecular weight is 372 g/mol. The SMILES string of the molecule is C=C1CC2(CCC(OC)CC2)C(=O)/C1=C/C(=C\C)B1OC(C)(C)C(C)(C)O1. The topological polar surface area (TPSA) is 44.8 Å². The van der Waals surface area contributed by atoms with Crippen LogP contribution in [-0.4, -0.2) is 37.3 Å². The van der Waals surface area contributed by atoms with E-state index in [9.17, 15) is 4.79 Å². The van der Waals surface area contributed by atoms with Crippen LogP contribution in [0.2, 0.25) is 0 Å². The van der Waals surface area contributed by atoms with Gasteiger partial charge < -0.3 is 14.0 Å². The van der Waals surface area contributed by atoms with Crippen molar-refractivity contribution in [1.82, 2.24) is 0 Å². The van der Waals surface area contributed by atoms with Gasteiger partial charge in [0, 0.05) is 18.1 Å². The fraction of sp³-hybridized carbons (Fsp3) is 0.682. The van der Waals surface area contributed by atoms with E-state index in [4.69, 9.17) is 14.0 Å². The van der Waals surface area contributed by atoms with Gasteiger partial charge in [0.15, 0.2) is 5.78 Å². The highest BCUT2D eigenvalue weighted by Gasteiger charge is 2.53. The predicted molar refractivity (Wildman–Crippen MR) is 108 cm³/mol. The van der Waals surface area contributed by atoms with Crippen LogP contribution in [0, 0.1) is 5.41 Å². The van der Waals surface area contributed by atoms with E-state index in [2.05, 4.69) is 6.58 Å². The van der Waals surface area contributed by atoms with Gasteiger partial charge in [-0.3, -0.25) is 4.79 Å². The maximum Gasteiger partial charge on any atom is 0.494 e. The highest BCUT2D eigenvalue weighted by molar-refractivity contribution is 6.55. The van der Waals surface area contributed by atoms with Crippen molar-refractivity contribution < 1.29 is 18.8 Å². The standard InChI is InChI=1S/C22H33BO4/c1-8-16(23-26-20(3,4)21(5,6)27-23)13-18-15(2)14-22(19(18)24)11-9-17(25-7)10-12-22/h8,13,17H,2,9-12,14H2,1,3-7H3/b16-8+,18-13+. The highest BCUT2D eigenvalue weighted by Crippen LogP contribution is 2.51. The summed E-state index contributed by atoms with van der Waals surface area (Å²) in [7, 11) is 1.29. The summed E-state index contributed by atoms with van der Waals surface area (Å²) in [5.74, 6) is 0.234. The van der Waals surface area contributed by atoms with Crippen molar-refractivity contribution in [2.75, 3.05) is 7.11 Å². The molecule has 3 fully saturated rings. The second-order valence-electron chi connectivity index (χ2n) is 9.26. The summed E-state index contributed by atoms with van der Waals surface area (Å²) in [5, 5.41) is 0. The zero-order valence-electron chi connectivity index (χ0n) is 17.7. The highest BCUT2D eigenvalue weighted by atomic mass is 16.7. The lowest BCUT2D eigenvalue weighted by atomic mass is 9.70. The maximum atomic E-state index is 13.3. The molecule has 5 heteroatoms. The van der Waals surface area contributed by atoms with Crippen LogP contribution in [0.3, 0.4) is 0 Å². The summed E-state index contributed by atoms with van der Waals surface area (Å²) in [4.78, 5) is 13.3. The summed E-state index contributed by atoms with van der Waals surface area (Å²) in [6, 6.07) is 0. The number of allylic oxidation sites excluding steroid dienone is 5. The zero-order chi connectivity index (χ0) is 20.0. The number of methoxy groups -OCH3 is 1. The van der Waals surface area contributed by atoms with Gasteiger partial charge in [-0.2, -0.15) is 0 Å². The Kier molecular flexibility index (Phi) is 5.35. The third-order valence-corrected chi connectivity index (χ3v) is 7.05. The van der Waals surface area contributed by atoms with Crippen LogP contribution in [0.4, 0.5) is 0 Å². The molecule has 27 heavy (non-hydrogen) atoms. The lowest BCUT2D eigenvalue weighted by Crippen LogP contribution is -2.41. The summed E-state index contributed by atoms with van der Waals surface area (Å²) < 4.78 is 17.8. The van der Waals surface area contributed by atoms with Crippen molar-refractivity contribution in [2.45, 2.75) is 84.0 Å². The molecule has 1 spiro atoms. The molecule has 2 saturated carbocycles. The quantitative estimate of drug-likeness (QED) is 0.537. The van der Waals surface area contributed by atoms with Gasteiger partial charge in [0.2, 0.25) is 0 Å². The van der Waals surface area contributed by atoms with Crippen molar-refractivity contribution in [1.29, 1.82) is 0 Å². The Balaban J connectivity index is 1.82. The fourth-order valence-electron chi connectivity index (χ4n) is 4.41. The minimum atomic E-state index is -0.464. The van der Waals surface area contributed by atoms with Crippen molar-refractivity contribution >= 4 is 12.9 Å². The van der Waals surface area contributed by atoms with Gasteiger partial charge in [0.25, 0.3) is 0 Å². The summed E-state index contributed by atoms with van der Waals surface area (Å²) in [6.45, 7) is 14.3. The number of carbonyl (C=O) groups excluding carboxylic acids is 1. The first-order valence-corrected chi connectivity index (χ1v) is 10.0. The normalized spacial score (nSPS) is 34.9. The Morgan fingerprint density at radius 2 is 1.74 bits per heavy atom. The lowest BCUT2D eigenvalue weighted by Gasteiger charge is -2.34. The second-order valence-corrected chi connectivity index (χ2v) is 9.26. The van der Waals surface area contributed by atoms with Crippen LogP contribution in [0.1, 0.15) is 66.7 Å². The molecule has 0 bridgehead atoms. The van der Waals surface area contributed by atoms with Crippen molar-refractivity contribution in [3.8, 4) is 0 Å². The van der Waals surface area contributed by atoms with E-state index in [0.29, 0.717) is 0 Å². The largest absolute Gasteiger partial charge is 0.494 e. The van der Waals surface area contributed by atoms with Gasteiger partial charge in [-0.15, -0.1) is 0 Å². The molecule has 0 amide bonds. The molecule has 0 radical (unpaired) electrons. The molecule has 0 aromatic heterocycles. The Bertz CT molecular complexity index is 677. The third kappa shape index (κ3) is 3.50. The predicted octanol–water partition coefficient (Wildman–Crippen LogP) is 4.59. The van der Waals surface area contributed by atoms with Gasteiger partial charge in [0.1, 0.15) is 0 Å². The number of ether oxygens (including phenoxy) is 1. The lowest BCUT2D eigenvalue weighted by molar-refractivity contribution is -0.126. The van der Waals surface area contributed by atoms with Crippen molar-refractivity contribution in [3.05, 3.63) is 35.3 Å². The summed E-state index contributed by atoms with van der Waals surface area (Å²) in [5.41, 5.74) is 1.48. The zero-order valence-corrected chi connectivity index (χ0v) is 17.7. The molecule has 1 aliphatic heterocycles. The average Bonchev–Trinajstić information content (AvgIpc) is 2.96. The molecule has 0 N–H and O–H groups in total. The molecular weight excluding hydrogens is 339 g/mol. The van der Waals surface area contributed by atoms with Crippen LogP contribution < -0.4 is 0 Å². The van der Waals surface area contributed by atoms with Crippen LogP contribution in [0.15, 0.2) is 35.3 Å². The van der Waals surface area contributed by atoms with Crippen LogP contribution in [0.25, 0.3) is 0 Å². The number of hydrogen-bond donors (Lipinski definition) is 0. The molecule has 3 rings (SSSR count). The molecule has 0 atom stereocenters. The molecule has 4 nitrogen and oxygen atoms in total. The Morgan fingerprint density at radius 1 is 1.19 bits per heavy atom. The number of hydrogen-bond acceptors (Lipinski definition) is 4. The first kappa shape index (κ1) is 20.6. The molecule has 0 aromatic rings. The maximum absolute atomic E-state index is 13.3. The Labute approximate surface area is 164 Å². The Hall–Kier alpha value is -1.17. The molecule has 0 aromatic carbocycles. The van der Waals surface area contributed by atoms with E-state index in [1.54, 1.807) is 7.11 Å². The number of rotatable bonds is 3.